The van der Waals surface area contributed by atoms with Gasteiger partial charge in [-0.15, -0.1) is 0 Å². The molecule has 0 amide bonds. The smallest absolute Gasteiger partial charge is 0.137 e. The van der Waals surface area contributed by atoms with E-state index in [1.807, 2.05) is 22.7 Å². The van der Waals surface area contributed by atoms with Gasteiger partial charge < -0.3 is 4.40 Å². The molecule has 2 aromatic rings. The molecular weight excluding hydrogens is 258 g/mol. The number of halogens is 1. The van der Waals surface area contributed by atoms with Crippen LogP contribution < -0.4 is 0 Å². The number of aromatic nitrogens is 2. The third-order valence-electron chi connectivity index (χ3n) is 4.00. The third-order valence-corrected chi connectivity index (χ3v) is 4.22. The molecule has 1 unspecified atom stereocenters. The zero-order valence-electron chi connectivity index (χ0n) is 11.5. The fraction of sp³-hybridized carbons (Fsp3) is 0.533. The Morgan fingerprint density at radius 2 is 2.21 bits per heavy atom. The van der Waals surface area contributed by atoms with Crippen molar-refractivity contribution in [3.05, 3.63) is 35.2 Å². The molecule has 0 aliphatic carbocycles. The minimum Gasteiger partial charge on any atom is -0.305 e. The Morgan fingerprint density at radius 1 is 1.37 bits per heavy atom. The van der Waals surface area contributed by atoms with Crippen LogP contribution in [0.2, 0.25) is 5.02 Å². The second-order valence-electron chi connectivity index (χ2n) is 5.68. The van der Waals surface area contributed by atoms with E-state index < -0.39 is 0 Å². The minimum atomic E-state index is 0.624. The Balaban J connectivity index is 1.81. The molecule has 1 fully saturated rings. The summed E-state index contributed by atoms with van der Waals surface area (Å²) >= 11 is 6.01. The minimum absolute atomic E-state index is 0.624. The number of pyridine rings is 1. The van der Waals surface area contributed by atoms with Gasteiger partial charge in [0.2, 0.25) is 0 Å². The van der Waals surface area contributed by atoms with Gasteiger partial charge in [-0.3, -0.25) is 4.90 Å². The van der Waals surface area contributed by atoms with E-state index in [4.69, 9.17) is 11.6 Å². The van der Waals surface area contributed by atoms with E-state index in [0.29, 0.717) is 12.1 Å². The molecule has 0 bridgehead atoms. The largest absolute Gasteiger partial charge is 0.305 e. The van der Waals surface area contributed by atoms with Crippen LogP contribution >= 0.6 is 11.6 Å². The van der Waals surface area contributed by atoms with Crippen molar-refractivity contribution in [2.24, 2.45) is 0 Å². The number of rotatable bonds is 3. The molecule has 3 nitrogen and oxygen atoms in total. The lowest BCUT2D eigenvalue weighted by Crippen LogP contribution is -2.36. The predicted octanol–water partition coefficient (Wildman–Crippen LogP) is 3.40. The molecule has 1 atom stereocenters. The van der Waals surface area contributed by atoms with E-state index in [1.165, 1.54) is 25.1 Å². The van der Waals surface area contributed by atoms with Crippen molar-refractivity contribution in [1.29, 1.82) is 0 Å². The SMILES string of the molecule is CC(C)N1CCCC1Cc1cn2cc(Cl)ccc2n1. The van der Waals surface area contributed by atoms with Gasteiger partial charge in [0.1, 0.15) is 5.65 Å². The fourth-order valence-corrected chi connectivity index (χ4v) is 3.28. The summed E-state index contributed by atoms with van der Waals surface area (Å²) in [5.41, 5.74) is 2.15. The first kappa shape index (κ1) is 12.9. The van der Waals surface area contributed by atoms with Crippen LogP contribution in [-0.4, -0.2) is 32.9 Å². The molecule has 1 saturated heterocycles. The molecule has 0 radical (unpaired) electrons. The van der Waals surface area contributed by atoms with Gasteiger partial charge >= 0.3 is 0 Å². The normalized spacial score (nSPS) is 20.7. The maximum Gasteiger partial charge on any atom is 0.137 e. The summed E-state index contributed by atoms with van der Waals surface area (Å²) in [6.07, 6.45) is 7.66. The number of likely N-dealkylation sites (tertiary alicyclic amines) is 1. The van der Waals surface area contributed by atoms with Crippen LogP contribution in [0, 0.1) is 0 Å². The molecule has 4 heteroatoms. The highest BCUT2D eigenvalue weighted by Gasteiger charge is 2.27. The Hall–Kier alpha value is -1.06. The van der Waals surface area contributed by atoms with Gasteiger partial charge in [-0.05, 0) is 45.4 Å². The number of imidazole rings is 1. The lowest BCUT2D eigenvalue weighted by atomic mass is 10.1. The number of nitrogens with zero attached hydrogens (tertiary/aromatic N) is 3. The highest BCUT2D eigenvalue weighted by atomic mass is 35.5. The van der Waals surface area contributed by atoms with Gasteiger partial charge in [0, 0.05) is 30.9 Å². The predicted molar refractivity (Wildman–Crippen MR) is 78.8 cm³/mol. The van der Waals surface area contributed by atoms with Gasteiger partial charge in [0.25, 0.3) is 0 Å². The summed E-state index contributed by atoms with van der Waals surface area (Å²) in [6.45, 7) is 5.78. The van der Waals surface area contributed by atoms with Crippen molar-refractivity contribution in [3.8, 4) is 0 Å². The number of hydrogen-bond donors (Lipinski definition) is 0. The topological polar surface area (TPSA) is 20.5 Å². The van der Waals surface area contributed by atoms with Crippen LogP contribution in [0.5, 0.6) is 0 Å². The quantitative estimate of drug-likeness (QED) is 0.857. The van der Waals surface area contributed by atoms with Crippen molar-refractivity contribution in [2.75, 3.05) is 6.54 Å². The molecule has 1 aliphatic rings. The van der Waals surface area contributed by atoms with E-state index >= 15 is 0 Å². The monoisotopic (exact) mass is 277 g/mol. The van der Waals surface area contributed by atoms with Crippen LogP contribution in [0.4, 0.5) is 0 Å². The van der Waals surface area contributed by atoms with Gasteiger partial charge in [-0.1, -0.05) is 11.6 Å². The third kappa shape index (κ3) is 2.63. The highest BCUT2D eigenvalue weighted by Crippen LogP contribution is 2.23. The molecule has 19 heavy (non-hydrogen) atoms. The molecule has 2 aromatic heterocycles. The Labute approximate surface area is 119 Å². The van der Waals surface area contributed by atoms with E-state index in [1.54, 1.807) is 0 Å². The van der Waals surface area contributed by atoms with Crippen molar-refractivity contribution in [1.82, 2.24) is 14.3 Å². The van der Waals surface area contributed by atoms with E-state index in [0.717, 1.165) is 17.1 Å². The summed E-state index contributed by atoms with van der Waals surface area (Å²) in [6, 6.07) is 5.13. The summed E-state index contributed by atoms with van der Waals surface area (Å²) in [5, 5.41) is 0.751. The van der Waals surface area contributed by atoms with Crippen LogP contribution in [0.1, 0.15) is 32.4 Å². The maximum atomic E-state index is 6.01. The first-order valence-corrected chi connectivity index (χ1v) is 7.40. The van der Waals surface area contributed by atoms with Gasteiger partial charge in [0.15, 0.2) is 0 Å². The summed E-state index contributed by atoms with van der Waals surface area (Å²) in [5.74, 6) is 0. The van der Waals surface area contributed by atoms with E-state index in [2.05, 4.69) is 29.9 Å². The number of fused-ring (bicyclic) bond motifs is 1. The second kappa shape index (κ2) is 5.14. The van der Waals surface area contributed by atoms with E-state index in [-0.39, 0.29) is 0 Å². The lowest BCUT2D eigenvalue weighted by Gasteiger charge is -2.27. The van der Waals surface area contributed by atoms with Crippen LogP contribution in [0.15, 0.2) is 24.5 Å². The summed E-state index contributed by atoms with van der Waals surface area (Å²) in [7, 11) is 0. The molecule has 0 aromatic carbocycles. The van der Waals surface area contributed by atoms with Crippen molar-refractivity contribution >= 4 is 17.2 Å². The molecule has 102 valence electrons. The first-order chi connectivity index (χ1) is 9.13. The summed E-state index contributed by atoms with van der Waals surface area (Å²) < 4.78 is 2.02. The Kier molecular flexibility index (Phi) is 3.50. The van der Waals surface area contributed by atoms with Gasteiger partial charge in [0.05, 0.1) is 10.7 Å². The van der Waals surface area contributed by atoms with Crippen molar-refractivity contribution < 1.29 is 0 Å². The molecule has 3 heterocycles. The van der Waals surface area contributed by atoms with Gasteiger partial charge in [-0.2, -0.15) is 0 Å². The van der Waals surface area contributed by atoms with E-state index in [9.17, 15) is 0 Å². The molecule has 0 spiro atoms. The van der Waals surface area contributed by atoms with Crippen LogP contribution in [0.3, 0.4) is 0 Å². The Bertz CT molecular complexity index is 576. The molecule has 1 aliphatic heterocycles. The highest BCUT2D eigenvalue weighted by molar-refractivity contribution is 6.30. The Morgan fingerprint density at radius 3 is 3.00 bits per heavy atom. The molecular formula is C15H20ClN3. The lowest BCUT2D eigenvalue weighted by molar-refractivity contribution is 0.202. The zero-order chi connectivity index (χ0) is 13.4. The second-order valence-corrected chi connectivity index (χ2v) is 6.11. The van der Waals surface area contributed by atoms with Crippen molar-refractivity contribution in [3.63, 3.8) is 0 Å². The molecule has 0 saturated carbocycles. The van der Waals surface area contributed by atoms with Crippen LogP contribution in [-0.2, 0) is 6.42 Å². The van der Waals surface area contributed by atoms with Crippen molar-refractivity contribution in [2.45, 2.75) is 45.2 Å². The zero-order valence-corrected chi connectivity index (χ0v) is 12.3. The summed E-state index contributed by atoms with van der Waals surface area (Å²) in [4.78, 5) is 7.28. The molecule has 0 N–H and O–H groups in total. The number of hydrogen-bond acceptors (Lipinski definition) is 2. The average molecular weight is 278 g/mol. The fourth-order valence-electron chi connectivity index (χ4n) is 3.11. The van der Waals surface area contributed by atoms with Gasteiger partial charge in [-0.25, -0.2) is 4.98 Å². The maximum absolute atomic E-state index is 6.01. The average Bonchev–Trinajstić information content (AvgIpc) is 2.95. The molecule has 3 rings (SSSR count). The first-order valence-electron chi connectivity index (χ1n) is 7.02. The standard InChI is InChI=1S/C15H20ClN3/c1-11(2)19-7-3-4-14(19)8-13-10-18-9-12(16)5-6-15(18)17-13/h5-6,9-11,14H,3-4,7-8H2,1-2H3. The van der Waals surface area contributed by atoms with Crippen LogP contribution in [0.25, 0.3) is 5.65 Å².